The third kappa shape index (κ3) is 14.2. The molecule has 1 aliphatic carbocycles. The average Bonchev–Trinajstić information content (AvgIpc) is 0.953. The molecule has 1 aliphatic rings. The first-order valence-corrected chi connectivity index (χ1v) is 30.6. The molecule has 8 aromatic rings. The van der Waals surface area contributed by atoms with E-state index in [4.69, 9.17) is 9.47 Å². The van der Waals surface area contributed by atoms with Crippen LogP contribution in [0.1, 0.15) is 246 Å². The molecule has 88 heavy (non-hydrogen) atoms. The first-order chi connectivity index (χ1) is 40.9. The topological polar surface area (TPSA) is 195 Å². The van der Waals surface area contributed by atoms with E-state index in [0.717, 1.165) is 77.9 Å². The fourth-order valence-electron chi connectivity index (χ4n) is 11.3. The number of fused-ring (bicyclic) bond motifs is 8. The molecule has 4 N–H and O–H groups in total. The highest BCUT2D eigenvalue weighted by Gasteiger charge is 2.30. The maximum absolute atomic E-state index is 13.0. The number of carbonyl (C=O) groups is 2. The molecular weight excluding hydrogens is 1100 g/mol. The van der Waals surface area contributed by atoms with Crippen LogP contribution in [-0.2, 0) is 84.5 Å². The first kappa shape index (κ1) is 64.2. The zero-order chi connectivity index (χ0) is 64.4. The molecule has 14 heteroatoms. The molecule has 0 radical (unpaired) electrons. The van der Waals surface area contributed by atoms with Crippen molar-refractivity contribution in [3.05, 3.63) is 197 Å². The van der Waals surface area contributed by atoms with Gasteiger partial charge in [0.25, 0.3) is 0 Å². The average molecular weight is 1190 g/mol. The van der Waals surface area contributed by atoms with Gasteiger partial charge in [-0.1, -0.05) is 184 Å². The van der Waals surface area contributed by atoms with E-state index in [1.54, 1.807) is 33.9 Å². The number of ether oxygens (including phenoxy) is 2. The van der Waals surface area contributed by atoms with E-state index in [1.165, 1.54) is 0 Å². The summed E-state index contributed by atoms with van der Waals surface area (Å²) in [4.78, 5) is 24.2. The van der Waals surface area contributed by atoms with Crippen molar-refractivity contribution in [3.63, 3.8) is 0 Å². The van der Waals surface area contributed by atoms with Crippen LogP contribution in [0.2, 0.25) is 0 Å². The predicted molar refractivity (Wildman–Crippen MR) is 346 cm³/mol. The van der Waals surface area contributed by atoms with Crippen molar-refractivity contribution in [1.29, 1.82) is 0 Å². The van der Waals surface area contributed by atoms with Crippen molar-refractivity contribution in [3.8, 4) is 34.5 Å². The van der Waals surface area contributed by atoms with Crippen molar-refractivity contribution >= 4 is 12.6 Å². The van der Waals surface area contributed by atoms with Crippen LogP contribution in [0.15, 0.2) is 85.2 Å². The third-order valence-electron chi connectivity index (χ3n) is 17.0. The molecule has 6 aromatic carbocycles. The number of nitrogens with zero attached hydrogens (tertiary/aromatic N) is 6. The molecule has 464 valence electrons. The van der Waals surface area contributed by atoms with Gasteiger partial charge in [-0.3, -0.25) is 9.59 Å². The molecule has 0 amide bonds. The van der Waals surface area contributed by atoms with Gasteiger partial charge in [-0.25, -0.2) is 9.36 Å². The Balaban J connectivity index is 1.19. The Labute approximate surface area is 520 Å². The third-order valence-corrected chi connectivity index (χ3v) is 17.0. The van der Waals surface area contributed by atoms with E-state index < -0.39 is 0 Å². The second-order valence-electron chi connectivity index (χ2n) is 30.5. The number of hydrogen-bond acceptors (Lipinski definition) is 12. The second-order valence-corrected chi connectivity index (χ2v) is 30.5. The van der Waals surface area contributed by atoms with Crippen LogP contribution in [0.25, 0.3) is 0 Å². The Morgan fingerprint density at radius 1 is 0.375 bits per heavy atom. The van der Waals surface area contributed by atoms with E-state index in [-0.39, 0.29) is 92.9 Å². The molecule has 2 aromatic heterocycles. The van der Waals surface area contributed by atoms with Crippen LogP contribution in [-0.4, -0.2) is 63.0 Å². The van der Waals surface area contributed by atoms with Gasteiger partial charge in [-0.2, -0.15) is 0 Å². The molecular formula is C74H90N6O8. The molecule has 0 fully saturated rings. The van der Waals surface area contributed by atoms with Crippen LogP contribution in [0.3, 0.4) is 0 Å². The summed E-state index contributed by atoms with van der Waals surface area (Å²) < 4.78 is 17.4. The van der Waals surface area contributed by atoms with Crippen LogP contribution in [0.5, 0.6) is 34.5 Å². The molecule has 0 unspecified atom stereocenters. The van der Waals surface area contributed by atoms with Gasteiger partial charge in [-0.15, -0.1) is 10.2 Å². The summed E-state index contributed by atoms with van der Waals surface area (Å²) in [6.45, 7) is 38.9. The molecule has 0 aliphatic heterocycles. The van der Waals surface area contributed by atoms with Crippen molar-refractivity contribution in [2.45, 2.75) is 209 Å². The monoisotopic (exact) mass is 1190 g/mol. The summed E-state index contributed by atoms with van der Waals surface area (Å²) >= 11 is 0. The maximum Gasteiger partial charge on any atom is 0.153 e. The summed E-state index contributed by atoms with van der Waals surface area (Å²) in [5.41, 5.74) is 13.1. The molecule has 0 saturated carbocycles. The van der Waals surface area contributed by atoms with E-state index in [2.05, 4.69) is 194 Å². The number of aldehydes is 2. The number of benzene rings is 6. The van der Waals surface area contributed by atoms with Crippen LogP contribution < -0.4 is 9.47 Å². The van der Waals surface area contributed by atoms with Crippen molar-refractivity contribution < 1.29 is 39.5 Å². The van der Waals surface area contributed by atoms with Crippen LogP contribution in [0.4, 0.5) is 0 Å². The highest BCUT2D eigenvalue weighted by atomic mass is 16.5. The number of phenols is 4. The molecule has 8 bridgehead atoms. The lowest BCUT2D eigenvalue weighted by atomic mass is 9.79. The minimum atomic E-state index is -0.324. The van der Waals surface area contributed by atoms with Gasteiger partial charge >= 0.3 is 0 Å². The Morgan fingerprint density at radius 3 is 0.875 bits per heavy atom. The van der Waals surface area contributed by atoms with Gasteiger partial charge in [0.15, 0.2) is 12.6 Å². The number of rotatable bonds is 12. The summed E-state index contributed by atoms with van der Waals surface area (Å²) in [7, 11) is 0. The van der Waals surface area contributed by atoms with Crippen LogP contribution >= 0.6 is 0 Å². The lowest BCUT2D eigenvalue weighted by molar-refractivity contribution is 0.111. The summed E-state index contributed by atoms with van der Waals surface area (Å²) in [6, 6.07) is 24.5. The summed E-state index contributed by atoms with van der Waals surface area (Å²) in [5.74, 6) is 1.36. The fourth-order valence-corrected chi connectivity index (χ4v) is 11.3. The van der Waals surface area contributed by atoms with Gasteiger partial charge in [0.1, 0.15) is 59.1 Å². The Morgan fingerprint density at radius 2 is 0.625 bits per heavy atom. The zero-order valence-electron chi connectivity index (χ0n) is 55.0. The predicted octanol–water partition coefficient (Wildman–Crippen LogP) is 15.0. The van der Waals surface area contributed by atoms with E-state index in [0.29, 0.717) is 72.3 Å². The number of phenolic OH excluding ortho intramolecular Hbond substituents is 4. The number of hydrogen-bond donors (Lipinski definition) is 4. The Hall–Kier alpha value is -8.26. The lowest BCUT2D eigenvalue weighted by Gasteiger charge is -2.28. The standard InChI is InChI=1S/C74H90N6O8/c1-69(2,3)55-23-43-19-47-27-57(71(7,8)9)29-49(67(47)87-41-61-37-79(77-75-61)35-51-31-59(73(13,14)15)33-53(39-81)65(51)85)21-45-25-56(70(4,5)6)26-46(64(45)84)22-50-30-58(72(10,11)12)28-48(20-44(24-55)63(43)83)68(50)88-42-62-38-80(78-76-62)36-52-32-60(74(16,17)18)34-54(40-82)66(52)86/h23-34,37-40,83-86H,19-22,35-36,41-42H2,1-18H3. The molecule has 0 atom stereocenters. The van der Waals surface area contributed by atoms with Gasteiger partial charge < -0.3 is 29.9 Å². The highest BCUT2D eigenvalue weighted by molar-refractivity contribution is 5.81. The normalized spacial score (nSPS) is 13.4. The van der Waals surface area contributed by atoms with E-state index in [9.17, 15) is 30.0 Å². The van der Waals surface area contributed by atoms with Gasteiger partial charge in [-0.05, 0) is 135 Å². The largest absolute Gasteiger partial charge is 0.507 e. The SMILES string of the molecule is CC(C)(C)c1cc(C=O)c(O)c(Cn2cc(COc3c4cc(C(C)(C)C)cc3Cc3cc(C(C)(C)C)cc(c3O)Cc3cc(C(C)(C)C)cc(c3OCc3cn(Cc5cc(C(C)(C)C)cc(C=O)c5O)nn3)Cc3cc(C(C)(C)C)cc(c3O)C4)nn2)c1. The van der Waals surface area contributed by atoms with Gasteiger partial charge in [0.2, 0.25) is 0 Å². The number of carbonyl (C=O) groups excluding carboxylic acids is 2. The van der Waals surface area contributed by atoms with Crippen molar-refractivity contribution in [2.75, 3.05) is 0 Å². The number of aromatic hydroxyl groups is 4. The van der Waals surface area contributed by atoms with Gasteiger partial charge in [0.05, 0.1) is 36.6 Å². The molecule has 0 saturated heterocycles. The minimum Gasteiger partial charge on any atom is -0.507 e. The Kier molecular flexibility index (Phi) is 17.3. The maximum atomic E-state index is 13.0. The van der Waals surface area contributed by atoms with E-state index in [1.807, 2.05) is 12.1 Å². The molecule has 9 rings (SSSR count). The number of aromatic nitrogens is 6. The van der Waals surface area contributed by atoms with E-state index >= 15 is 0 Å². The van der Waals surface area contributed by atoms with Crippen molar-refractivity contribution in [1.82, 2.24) is 30.0 Å². The van der Waals surface area contributed by atoms with Gasteiger partial charge in [0, 0.05) is 36.8 Å². The smallest absolute Gasteiger partial charge is 0.153 e. The highest BCUT2D eigenvalue weighted by Crippen LogP contribution is 2.45. The first-order valence-electron chi connectivity index (χ1n) is 30.6. The molecule has 14 nitrogen and oxygen atoms in total. The van der Waals surface area contributed by atoms with Crippen LogP contribution in [0, 0.1) is 0 Å². The summed E-state index contributed by atoms with van der Waals surface area (Å²) in [5, 5.41) is 66.3. The van der Waals surface area contributed by atoms with Crippen molar-refractivity contribution in [2.24, 2.45) is 0 Å². The fraction of sp³-hybridized carbons (Fsp3) is 0.432. The lowest BCUT2D eigenvalue weighted by Crippen LogP contribution is -2.16. The minimum absolute atomic E-state index is 0.0297. The molecule has 0 spiro atoms. The quantitative estimate of drug-likeness (QED) is 0.0847. The molecule has 2 heterocycles. The zero-order valence-corrected chi connectivity index (χ0v) is 55.0. The Bertz CT molecular complexity index is 3620. The second kappa shape index (κ2) is 23.7. The summed E-state index contributed by atoms with van der Waals surface area (Å²) in [6.07, 6.45) is 6.10.